The van der Waals surface area contributed by atoms with E-state index in [2.05, 4.69) is 41.5 Å². The van der Waals surface area contributed by atoms with Gasteiger partial charge < -0.3 is 0 Å². The Bertz CT molecular complexity index is 1120. The van der Waals surface area contributed by atoms with Crippen molar-refractivity contribution in [2.75, 3.05) is 0 Å². The molecule has 0 aliphatic carbocycles. The molecular weight excluding hydrogens is 1090 g/mol. The van der Waals surface area contributed by atoms with Crippen molar-refractivity contribution in [3.05, 3.63) is 12.2 Å². The fraction of sp³-hybridized carbons (Fsp3) is 0.900. The van der Waals surface area contributed by atoms with Gasteiger partial charge in [-0.05, 0) is 0 Å². The molecule has 0 fully saturated rings. The summed E-state index contributed by atoms with van der Waals surface area (Å²) in [6.07, 6.45) is 50.5. The van der Waals surface area contributed by atoms with E-state index in [-0.39, 0.29) is 11.9 Å². The van der Waals surface area contributed by atoms with Crippen molar-refractivity contribution in [3.8, 4) is 0 Å². The third-order valence-corrected chi connectivity index (χ3v) is 33.6. The summed E-state index contributed by atoms with van der Waals surface area (Å²) in [6, 6.07) is 0. The van der Waals surface area contributed by atoms with Crippen LogP contribution in [0, 0.1) is 0 Å². The van der Waals surface area contributed by atoms with E-state index in [1.807, 2.05) is 0 Å². The topological polar surface area (TPSA) is 105 Å². The van der Waals surface area contributed by atoms with E-state index in [1.54, 1.807) is 0 Å². The second-order valence-electron chi connectivity index (χ2n) is 21.2. The van der Waals surface area contributed by atoms with Crippen LogP contribution in [0.5, 0.6) is 0 Å². The minimum absolute atomic E-state index is 0.223. The Morgan fingerprint density at radius 1 is 0.257 bits per heavy atom. The molecule has 0 aliphatic rings. The zero-order valence-electron chi connectivity index (χ0n) is 47.4. The Morgan fingerprint density at radius 2 is 0.443 bits per heavy atom. The molecule has 0 N–H and O–H groups in total. The Hall–Kier alpha value is -0.783. The minimum Gasteiger partial charge on any atom is -0.0654 e. The van der Waals surface area contributed by atoms with E-state index in [1.165, 1.54) is 166 Å². The molecule has 0 aromatic heterocycles. The molecule has 0 aromatic carbocycles. The molecule has 0 saturated carbocycles. The first-order valence-electron chi connectivity index (χ1n) is 30.7. The van der Waals surface area contributed by atoms with Gasteiger partial charge >= 0.3 is 434 Å². The summed E-state index contributed by atoms with van der Waals surface area (Å²) in [5.74, 6) is -1.68. The summed E-state index contributed by atoms with van der Waals surface area (Å²) in [5, 5.41) is 0. The van der Waals surface area contributed by atoms with Crippen LogP contribution in [-0.2, 0) is 31.5 Å². The molecular formula is C60H116O8Sn2. The molecule has 70 heavy (non-hydrogen) atoms. The third kappa shape index (κ3) is 43.6. The molecule has 8 nitrogen and oxygen atoms in total. The molecule has 0 aromatic rings. The summed E-state index contributed by atoms with van der Waals surface area (Å²) in [7, 11) is 0. The van der Waals surface area contributed by atoms with Crippen LogP contribution in [0.2, 0.25) is 17.7 Å². The molecule has 0 rings (SSSR count). The van der Waals surface area contributed by atoms with E-state index in [9.17, 15) is 19.2 Å². The number of carbonyl (C=O) groups is 4. The van der Waals surface area contributed by atoms with Crippen LogP contribution in [0.15, 0.2) is 12.2 Å². The van der Waals surface area contributed by atoms with Crippen LogP contribution in [0.3, 0.4) is 0 Å². The third-order valence-electron chi connectivity index (χ3n) is 14.1. The summed E-state index contributed by atoms with van der Waals surface area (Å²) >= 11 is -8.69. The first kappa shape index (κ1) is 69.2. The predicted octanol–water partition coefficient (Wildman–Crippen LogP) is 19.9. The van der Waals surface area contributed by atoms with Crippen LogP contribution in [0.25, 0.3) is 0 Å². The SMILES string of the molecule is CCCCCCCCCCCC(=O)[O][Sn]([CH2]CCCCCCC)([CH2]CCCCCCC)[O]C(=O)C=CC(=O)[O][Sn]([CH2]CCCCCCC)([CH2]CCCCCCC)[O]C(=O)CCCCCCCCCCC. The van der Waals surface area contributed by atoms with E-state index in [0.29, 0.717) is 30.6 Å². The van der Waals surface area contributed by atoms with Gasteiger partial charge in [0.1, 0.15) is 0 Å². The van der Waals surface area contributed by atoms with Gasteiger partial charge in [-0.15, -0.1) is 0 Å². The van der Waals surface area contributed by atoms with Crippen molar-refractivity contribution in [2.45, 2.75) is 342 Å². The second-order valence-corrected chi connectivity index (χ2v) is 39.6. The molecule has 0 heterocycles. The first-order valence-corrected chi connectivity index (χ1v) is 43.5. The van der Waals surface area contributed by atoms with Crippen molar-refractivity contribution in [1.82, 2.24) is 0 Å². The molecule has 0 radical (unpaired) electrons. The molecule has 0 bridgehead atoms. The Kier molecular flexibility index (Phi) is 51.1. The van der Waals surface area contributed by atoms with Crippen LogP contribution >= 0.6 is 0 Å². The smallest absolute Gasteiger partial charge is 0.0654 e. The number of rotatable bonds is 54. The van der Waals surface area contributed by atoms with Crippen molar-refractivity contribution in [2.24, 2.45) is 0 Å². The normalized spacial score (nSPS) is 11.9. The predicted molar refractivity (Wildman–Crippen MR) is 301 cm³/mol. The van der Waals surface area contributed by atoms with Gasteiger partial charge in [-0.25, -0.2) is 0 Å². The monoisotopic (exact) mass is 1200 g/mol. The summed E-state index contributed by atoms with van der Waals surface area (Å²) in [6.45, 7) is 13.4. The van der Waals surface area contributed by atoms with Gasteiger partial charge in [-0.2, -0.15) is 0 Å². The minimum atomic E-state index is -4.35. The van der Waals surface area contributed by atoms with Crippen molar-refractivity contribution < 1.29 is 31.5 Å². The van der Waals surface area contributed by atoms with E-state index < -0.39 is 50.3 Å². The number of unbranched alkanes of at least 4 members (excludes halogenated alkanes) is 36. The first-order chi connectivity index (χ1) is 34.1. The zero-order valence-corrected chi connectivity index (χ0v) is 53.1. The summed E-state index contributed by atoms with van der Waals surface area (Å²) < 4.78 is 28.6. The van der Waals surface area contributed by atoms with Gasteiger partial charge in [-0.3, -0.25) is 0 Å². The van der Waals surface area contributed by atoms with Gasteiger partial charge in [0.15, 0.2) is 0 Å². The van der Waals surface area contributed by atoms with Crippen LogP contribution in [-0.4, -0.2) is 62.3 Å². The van der Waals surface area contributed by atoms with Crippen LogP contribution in [0.1, 0.15) is 324 Å². The van der Waals surface area contributed by atoms with Gasteiger partial charge in [-0.1, -0.05) is 13.8 Å². The molecule has 0 unspecified atom stereocenters. The molecule has 0 aliphatic heterocycles. The molecule has 10 heteroatoms. The van der Waals surface area contributed by atoms with Crippen molar-refractivity contribution in [1.29, 1.82) is 0 Å². The molecule has 0 atom stereocenters. The van der Waals surface area contributed by atoms with E-state index in [0.717, 1.165) is 116 Å². The van der Waals surface area contributed by atoms with E-state index >= 15 is 0 Å². The number of carbonyl (C=O) groups excluding carboxylic acids is 4. The molecule has 0 amide bonds. The summed E-state index contributed by atoms with van der Waals surface area (Å²) in [5.41, 5.74) is 0. The standard InChI is InChI=1S/2C12H24O2.4C8H17.C4H4O4.2Sn/c2*1-2-3-4-5-6-7-8-9-10-11-12(13)14;4*1-3-5-7-8-6-4-2;5-3(6)1-2-4(7)8;;/h2*2-11H2,1H3,(H,13,14);4*1,3-8H2,2H3;1-2H,(H,5,6)(H,7,8);;/q;;;;;;;2*+2/p-4. The van der Waals surface area contributed by atoms with Crippen LogP contribution in [0.4, 0.5) is 0 Å². The maximum atomic E-state index is 14.0. The fourth-order valence-electron chi connectivity index (χ4n) is 9.65. The van der Waals surface area contributed by atoms with Gasteiger partial charge in [0, 0.05) is 0 Å². The van der Waals surface area contributed by atoms with Gasteiger partial charge in [0.05, 0.1) is 0 Å². The zero-order chi connectivity index (χ0) is 51.5. The van der Waals surface area contributed by atoms with Crippen molar-refractivity contribution in [3.63, 3.8) is 0 Å². The number of hydrogen-bond donors (Lipinski definition) is 0. The quantitative estimate of drug-likeness (QED) is 0.0337. The Labute approximate surface area is 444 Å². The molecule has 412 valence electrons. The average molecular weight is 1200 g/mol. The fourth-order valence-corrected chi connectivity index (χ4v) is 28.1. The Balaban J connectivity index is 6.34. The second kappa shape index (κ2) is 51.7. The molecule has 0 spiro atoms. The Morgan fingerprint density at radius 3 is 0.657 bits per heavy atom. The van der Waals surface area contributed by atoms with Crippen molar-refractivity contribution >= 4 is 62.3 Å². The number of hydrogen-bond acceptors (Lipinski definition) is 8. The average Bonchev–Trinajstić information content (AvgIpc) is 3.34. The van der Waals surface area contributed by atoms with Gasteiger partial charge in [0.2, 0.25) is 0 Å². The maximum absolute atomic E-state index is 14.0. The van der Waals surface area contributed by atoms with E-state index in [4.69, 9.17) is 12.3 Å². The van der Waals surface area contributed by atoms with Crippen LogP contribution < -0.4 is 0 Å². The molecule has 0 saturated heterocycles. The summed E-state index contributed by atoms with van der Waals surface area (Å²) in [4.78, 5) is 55.4. The van der Waals surface area contributed by atoms with Gasteiger partial charge in [0.25, 0.3) is 0 Å².